The predicted molar refractivity (Wildman–Crippen MR) is 114 cm³/mol. The Morgan fingerprint density at radius 1 is 1.21 bits per heavy atom. The molecule has 1 saturated carbocycles. The maximum Gasteiger partial charge on any atom is 0.312 e. The monoisotopic (exact) mass is 444 g/mol. The summed E-state index contributed by atoms with van der Waals surface area (Å²) in [4.78, 5) is 10.5. The predicted octanol–water partition coefficient (Wildman–Crippen LogP) is 4.35. The smallest absolute Gasteiger partial charge is 0.312 e. The van der Waals surface area contributed by atoms with Gasteiger partial charge in [0.05, 0.1) is 15.4 Å². The quantitative estimate of drug-likeness (QED) is 0.379. The zero-order valence-electron chi connectivity index (χ0n) is 17.9. The number of benzene rings is 1. The zero-order valence-corrected chi connectivity index (χ0v) is 19.7. The Bertz CT molecular complexity index is 858. The highest BCUT2D eigenvalue weighted by Crippen LogP contribution is 2.43. The van der Waals surface area contributed by atoms with E-state index in [0.29, 0.717) is 0 Å². The molecular formula is C19H32N2O6SSi. The number of rotatable bonds is 7. The fraction of sp³-hybridized carbons (Fsp3) is 0.684. The highest BCUT2D eigenvalue weighted by molar-refractivity contribution is 7.89. The molecule has 0 saturated heterocycles. The summed E-state index contributed by atoms with van der Waals surface area (Å²) < 4.78 is 35.7. The van der Waals surface area contributed by atoms with E-state index in [9.17, 15) is 18.5 Å². The van der Waals surface area contributed by atoms with Gasteiger partial charge in [0, 0.05) is 6.07 Å². The summed E-state index contributed by atoms with van der Waals surface area (Å²) >= 11 is 0. The van der Waals surface area contributed by atoms with Crippen molar-refractivity contribution >= 4 is 24.0 Å². The molecule has 1 aliphatic carbocycles. The number of nitro benzene ring substituents is 1. The Kier molecular flexibility index (Phi) is 6.83. The van der Waals surface area contributed by atoms with Gasteiger partial charge in [0.25, 0.3) is 0 Å². The first-order valence-electron chi connectivity index (χ1n) is 9.81. The minimum atomic E-state index is -4.04. The molecule has 2 rings (SSSR count). The van der Waals surface area contributed by atoms with Gasteiger partial charge in [-0.2, -0.15) is 0 Å². The van der Waals surface area contributed by atoms with Crippen molar-refractivity contribution in [3.63, 3.8) is 0 Å². The summed E-state index contributed by atoms with van der Waals surface area (Å²) in [6.07, 6.45) is 4.84. The van der Waals surface area contributed by atoms with Gasteiger partial charge in [-0.25, -0.2) is 13.6 Å². The van der Waals surface area contributed by atoms with Gasteiger partial charge in [0.15, 0.2) is 14.1 Å². The molecule has 0 radical (unpaired) electrons. The van der Waals surface area contributed by atoms with E-state index in [2.05, 4.69) is 33.9 Å². The van der Waals surface area contributed by atoms with Crippen molar-refractivity contribution in [2.45, 2.75) is 81.5 Å². The molecule has 1 fully saturated rings. The summed E-state index contributed by atoms with van der Waals surface area (Å²) in [6, 6.07) is 3.45. The van der Waals surface area contributed by atoms with E-state index in [0.717, 1.165) is 38.2 Å². The molecular weight excluding hydrogens is 412 g/mol. The SMILES string of the molecule is CC(C)(C)[Si](C)(C)OC1(COc2ccc(S(N)(=O)=O)cc2[N+](=O)[O-])CCCCC1. The van der Waals surface area contributed by atoms with Crippen molar-refractivity contribution in [2.24, 2.45) is 5.14 Å². The Morgan fingerprint density at radius 3 is 2.28 bits per heavy atom. The van der Waals surface area contributed by atoms with Gasteiger partial charge in [-0.3, -0.25) is 10.1 Å². The topological polar surface area (TPSA) is 122 Å². The first-order valence-corrected chi connectivity index (χ1v) is 14.3. The van der Waals surface area contributed by atoms with Gasteiger partial charge in [-0.1, -0.05) is 40.0 Å². The van der Waals surface area contributed by atoms with Crippen molar-refractivity contribution < 1.29 is 22.5 Å². The second-order valence-corrected chi connectivity index (χ2v) is 15.6. The fourth-order valence-corrected chi connectivity index (χ4v) is 5.50. The average Bonchev–Trinajstić information content (AvgIpc) is 2.58. The lowest BCUT2D eigenvalue weighted by Gasteiger charge is -2.47. The number of ether oxygens (including phenoxy) is 1. The largest absolute Gasteiger partial charge is 0.484 e. The third-order valence-electron chi connectivity index (χ3n) is 5.99. The van der Waals surface area contributed by atoms with E-state index in [1.165, 1.54) is 12.1 Å². The number of sulfonamides is 1. The summed E-state index contributed by atoms with van der Waals surface area (Å²) in [5.74, 6) is 0.0196. The Labute approximate surface area is 174 Å². The molecule has 0 unspecified atom stereocenters. The molecule has 2 N–H and O–H groups in total. The van der Waals surface area contributed by atoms with Crippen LogP contribution in [-0.2, 0) is 14.4 Å². The summed E-state index contributed by atoms with van der Waals surface area (Å²) in [5.41, 5.74) is -0.914. The molecule has 0 amide bonds. The Hall–Kier alpha value is -1.49. The van der Waals surface area contributed by atoms with Crippen molar-refractivity contribution in [3.05, 3.63) is 28.3 Å². The highest BCUT2D eigenvalue weighted by Gasteiger charge is 2.46. The molecule has 8 nitrogen and oxygen atoms in total. The van der Waals surface area contributed by atoms with Crippen LogP contribution in [0.4, 0.5) is 5.69 Å². The second-order valence-electron chi connectivity index (χ2n) is 9.33. The molecule has 1 aromatic carbocycles. The number of nitrogens with two attached hydrogens (primary N) is 1. The normalized spacial score (nSPS) is 17.7. The number of primary sulfonamides is 1. The van der Waals surface area contributed by atoms with Crippen LogP contribution in [0.1, 0.15) is 52.9 Å². The van der Waals surface area contributed by atoms with Crippen molar-refractivity contribution in [1.29, 1.82) is 0 Å². The van der Waals surface area contributed by atoms with E-state index < -0.39 is 34.6 Å². The zero-order chi connectivity index (χ0) is 22.1. The minimum Gasteiger partial charge on any atom is -0.484 e. The molecule has 0 aromatic heterocycles. The molecule has 1 aromatic rings. The van der Waals surface area contributed by atoms with Gasteiger partial charge in [-0.15, -0.1) is 0 Å². The van der Waals surface area contributed by atoms with Gasteiger partial charge in [-0.05, 0) is 43.1 Å². The van der Waals surface area contributed by atoms with Crippen LogP contribution in [0, 0.1) is 10.1 Å². The van der Waals surface area contributed by atoms with Crippen LogP contribution in [-0.4, -0.2) is 33.9 Å². The van der Waals surface area contributed by atoms with E-state index in [4.69, 9.17) is 14.3 Å². The maximum atomic E-state index is 11.5. The molecule has 0 heterocycles. The average molecular weight is 445 g/mol. The van der Waals surface area contributed by atoms with Crippen molar-refractivity contribution in [1.82, 2.24) is 0 Å². The van der Waals surface area contributed by atoms with Crippen LogP contribution in [0.25, 0.3) is 0 Å². The number of nitrogens with zero attached hydrogens (tertiary/aromatic N) is 1. The lowest BCUT2D eigenvalue weighted by molar-refractivity contribution is -0.386. The number of hydrogen-bond donors (Lipinski definition) is 1. The summed E-state index contributed by atoms with van der Waals surface area (Å²) in [7, 11) is -6.12. The van der Waals surface area contributed by atoms with Crippen LogP contribution >= 0.6 is 0 Å². The number of hydrogen-bond acceptors (Lipinski definition) is 6. The number of nitro groups is 1. The molecule has 1 aliphatic rings. The molecule has 10 heteroatoms. The van der Waals surface area contributed by atoms with Crippen molar-refractivity contribution in [2.75, 3.05) is 6.61 Å². The van der Waals surface area contributed by atoms with E-state index in [1.54, 1.807) is 0 Å². The van der Waals surface area contributed by atoms with Crippen LogP contribution in [0.5, 0.6) is 5.75 Å². The van der Waals surface area contributed by atoms with Crippen LogP contribution < -0.4 is 9.88 Å². The van der Waals surface area contributed by atoms with E-state index in [1.807, 2.05) is 0 Å². The highest BCUT2D eigenvalue weighted by atomic mass is 32.2. The van der Waals surface area contributed by atoms with Crippen LogP contribution in [0.15, 0.2) is 23.1 Å². The third-order valence-corrected chi connectivity index (χ3v) is 11.5. The standard InChI is InChI=1S/C19H32N2O6SSi/c1-18(2,3)29(4,5)27-19(11-7-6-8-12-19)14-26-17-10-9-15(28(20,24)25)13-16(17)21(22)23/h9-10,13H,6-8,11-12,14H2,1-5H3,(H2,20,24,25). The van der Waals surface area contributed by atoms with Crippen LogP contribution in [0.2, 0.25) is 18.1 Å². The summed E-state index contributed by atoms with van der Waals surface area (Å²) in [5, 5.41) is 16.6. The van der Waals surface area contributed by atoms with E-state index in [-0.39, 0.29) is 22.3 Å². The van der Waals surface area contributed by atoms with Gasteiger partial charge in [0.2, 0.25) is 10.0 Å². The van der Waals surface area contributed by atoms with Gasteiger partial charge in [0.1, 0.15) is 6.61 Å². The molecule has 0 spiro atoms. The Balaban J connectivity index is 2.31. The van der Waals surface area contributed by atoms with Crippen LogP contribution in [0.3, 0.4) is 0 Å². The Morgan fingerprint density at radius 2 is 1.79 bits per heavy atom. The molecule has 0 bridgehead atoms. The van der Waals surface area contributed by atoms with Gasteiger partial charge < -0.3 is 9.16 Å². The second kappa shape index (κ2) is 8.33. The van der Waals surface area contributed by atoms with E-state index >= 15 is 0 Å². The summed E-state index contributed by atoms with van der Waals surface area (Å²) in [6.45, 7) is 11.1. The minimum absolute atomic E-state index is 0.0196. The molecule has 0 atom stereocenters. The van der Waals surface area contributed by atoms with Gasteiger partial charge >= 0.3 is 5.69 Å². The first kappa shape index (κ1) is 23.8. The van der Waals surface area contributed by atoms with Crippen molar-refractivity contribution in [3.8, 4) is 5.75 Å². The molecule has 0 aliphatic heterocycles. The fourth-order valence-electron chi connectivity index (χ4n) is 3.31. The molecule has 164 valence electrons. The third kappa shape index (κ3) is 5.77. The lowest BCUT2D eigenvalue weighted by Crippen LogP contribution is -2.53. The maximum absolute atomic E-state index is 11.5. The molecule has 29 heavy (non-hydrogen) atoms. The first-order chi connectivity index (χ1) is 13.2. The lowest BCUT2D eigenvalue weighted by atomic mass is 9.85.